The first-order valence-corrected chi connectivity index (χ1v) is 6.15. The van der Waals surface area contributed by atoms with E-state index in [0.717, 1.165) is 19.4 Å². The molecule has 4 nitrogen and oxygen atoms in total. The summed E-state index contributed by atoms with van der Waals surface area (Å²) in [5, 5.41) is 16.5. The average Bonchev–Trinajstić information content (AvgIpc) is 2.51. The quantitative estimate of drug-likeness (QED) is 0.752. The van der Waals surface area contributed by atoms with E-state index in [0.29, 0.717) is 6.54 Å². The Hall–Kier alpha value is -0.870. The van der Waals surface area contributed by atoms with Crippen LogP contribution in [-0.4, -0.2) is 40.4 Å². The van der Waals surface area contributed by atoms with Crippen LogP contribution in [0.5, 0.6) is 0 Å². The third kappa shape index (κ3) is 2.62. The summed E-state index contributed by atoms with van der Waals surface area (Å²) in [6, 6.07) is 0. The molecule has 0 aromatic carbocycles. The molecule has 0 aliphatic heterocycles. The minimum atomic E-state index is 0.211. The zero-order valence-corrected chi connectivity index (χ0v) is 10.00. The third-order valence-electron chi connectivity index (χ3n) is 3.29. The zero-order chi connectivity index (χ0) is 11.4. The predicted molar refractivity (Wildman–Crippen MR) is 63.3 cm³/mol. The van der Waals surface area contributed by atoms with E-state index in [1.807, 2.05) is 7.05 Å². The fraction of sp³-hybridized carbons (Fsp3) is 0.750. The molecule has 0 amide bonds. The summed E-state index contributed by atoms with van der Waals surface area (Å²) in [5.74, 6) is 0. The van der Waals surface area contributed by atoms with Crippen LogP contribution < -0.4 is 0 Å². The lowest BCUT2D eigenvalue weighted by Crippen LogP contribution is -2.22. The molecule has 4 heteroatoms. The number of hydrogen-bond acceptors (Lipinski definition) is 3. The first kappa shape index (κ1) is 11.6. The first-order valence-electron chi connectivity index (χ1n) is 6.15. The molecule has 1 aliphatic rings. The van der Waals surface area contributed by atoms with Gasteiger partial charge in [0, 0.05) is 18.8 Å². The van der Waals surface area contributed by atoms with Crippen molar-refractivity contribution in [2.45, 2.75) is 38.6 Å². The summed E-state index contributed by atoms with van der Waals surface area (Å²) in [6.07, 6.45) is 6.19. The van der Waals surface area contributed by atoms with E-state index in [9.17, 15) is 0 Å². The van der Waals surface area contributed by atoms with Gasteiger partial charge in [-0.2, -0.15) is 5.10 Å². The van der Waals surface area contributed by atoms with Crippen LogP contribution in [0.4, 0.5) is 0 Å². The zero-order valence-electron chi connectivity index (χ0n) is 10.00. The summed E-state index contributed by atoms with van der Waals surface area (Å²) < 4.78 is 0. The Bertz CT molecular complexity index is 335. The fourth-order valence-corrected chi connectivity index (χ4v) is 2.36. The van der Waals surface area contributed by atoms with Gasteiger partial charge in [-0.3, -0.25) is 10.00 Å². The normalized spacial score (nSPS) is 16.2. The lowest BCUT2D eigenvalue weighted by atomic mass is 10.1. The van der Waals surface area contributed by atoms with Crippen molar-refractivity contribution < 1.29 is 5.11 Å². The Morgan fingerprint density at radius 3 is 2.94 bits per heavy atom. The number of aliphatic hydroxyl groups is 1. The van der Waals surface area contributed by atoms with Gasteiger partial charge in [-0.1, -0.05) is 6.42 Å². The van der Waals surface area contributed by atoms with Crippen LogP contribution in [0.3, 0.4) is 0 Å². The first-order chi connectivity index (χ1) is 7.81. The molecule has 1 aliphatic carbocycles. The average molecular weight is 223 g/mol. The van der Waals surface area contributed by atoms with E-state index >= 15 is 0 Å². The Kier molecular flexibility index (Phi) is 3.96. The largest absolute Gasteiger partial charge is 0.395 e. The van der Waals surface area contributed by atoms with Crippen LogP contribution in [-0.2, 0) is 19.4 Å². The molecule has 0 bridgehead atoms. The molecule has 0 saturated heterocycles. The fourth-order valence-electron chi connectivity index (χ4n) is 2.36. The van der Waals surface area contributed by atoms with Crippen molar-refractivity contribution in [1.29, 1.82) is 0 Å². The van der Waals surface area contributed by atoms with Crippen molar-refractivity contribution in [3.8, 4) is 0 Å². The monoisotopic (exact) mass is 223 g/mol. The summed E-state index contributed by atoms with van der Waals surface area (Å²) in [4.78, 5) is 2.11. The second-order valence-corrected chi connectivity index (χ2v) is 4.65. The smallest absolute Gasteiger partial charge is 0.0796 e. The van der Waals surface area contributed by atoms with Crippen LogP contribution in [0.2, 0.25) is 0 Å². The van der Waals surface area contributed by atoms with Gasteiger partial charge in [0.15, 0.2) is 0 Å². The second-order valence-electron chi connectivity index (χ2n) is 4.65. The van der Waals surface area contributed by atoms with Crippen LogP contribution >= 0.6 is 0 Å². The molecular formula is C12H21N3O. The van der Waals surface area contributed by atoms with E-state index in [4.69, 9.17) is 5.11 Å². The third-order valence-corrected chi connectivity index (χ3v) is 3.29. The van der Waals surface area contributed by atoms with Gasteiger partial charge in [0.2, 0.25) is 0 Å². The number of hydrogen-bond donors (Lipinski definition) is 2. The van der Waals surface area contributed by atoms with Crippen LogP contribution in [0.15, 0.2) is 0 Å². The number of nitrogens with zero attached hydrogens (tertiary/aromatic N) is 2. The van der Waals surface area contributed by atoms with Crippen LogP contribution in [0.25, 0.3) is 0 Å². The number of aromatic amines is 1. The van der Waals surface area contributed by atoms with Gasteiger partial charge in [0.1, 0.15) is 0 Å². The highest BCUT2D eigenvalue weighted by atomic mass is 16.3. The van der Waals surface area contributed by atoms with Crippen molar-refractivity contribution in [1.82, 2.24) is 15.1 Å². The number of aromatic nitrogens is 2. The standard InChI is InChI=1S/C12H21N3O/c1-15(7-8-16)9-12-10-5-3-2-4-6-11(10)13-14-12/h16H,2-9H2,1H3,(H,13,14). The maximum Gasteiger partial charge on any atom is 0.0796 e. The summed E-state index contributed by atoms with van der Waals surface area (Å²) >= 11 is 0. The number of nitrogens with one attached hydrogen (secondary N) is 1. The van der Waals surface area contributed by atoms with Crippen LogP contribution in [0.1, 0.15) is 36.2 Å². The molecule has 0 unspecified atom stereocenters. The Morgan fingerprint density at radius 2 is 2.12 bits per heavy atom. The molecular weight excluding hydrogens is 202 g/mol. The van der Waals surface area contributed by atoms with Crippen molar-refractivity contribution in [3.05, 3.63) is 17.0 Å². The predicted octanol–water partition coefficient (Wildman–Crippen LogP) is 1.10. The minimum Gasteiger partial charge on any atom is -0.395 e. The lowest BCUT2D eigenvalue weighted by molar-refractivity contribution is 0.215. The topological polar surface area (TPSA) is 52.1 Å². The van der Waals surface area contributed by atoms with E-state index < -0.39 is 0 Å². The number of rotatable bonds is 4. The van der Waals surface area contributed by atoms with E-state index in [1.165, 1.54) is 36.2 Å². The highest BCUT2D eigenvalue weighted by Gasteiger charge is 2.16. The molecule has 2 N–H and O–H groups in total. The Morgan fingerprint density at radius 1 is 1.31 bits per heavy atom. The molecule has 1 aromatic heterocycles. The molecule has 2 rings (SSSR count). The van der Waals surface area contributed by atoms with Crippen LogP contribution in [0, 0.1) is 0 Å². The molecule has 0 saturated carbocycles. The molecule has 16 heavy (non-hydrogen) atoms. The number of fused-ring (bicyclic) bond motifs is 1. The van der Waals surface area contributed by atoms with Crippen molar-refractivity contribution in [3.63, 3.8) is 0 Å². The number of likely N-dealkylation sites (N-methyl/N-ethyl adjacent to an activating group) is 1. The molecule has 1 heterocycles. The molecule has 1 aromatic rings. The molecule has 0 atom stereocenters. The SMILES string of the molecule is CN(CCO)Cc1n[nH]c2c1CCCCC2. The van der Waals surface area contributed by atoms with E-state index in [1.54, 1.807) is 0 Å². The summed E-state index contributed by atoms with van der Waals surface area (Å²) in [7, 11) is 2.02. The van der Waals surface area contributed by atoms with E-state index in [-0.39, 0.29) is 6.61 Å². The number of H-pyrrole nitrogens is 1. The second kappa shape index (κ2) is 5.46. The summed E-state index contributed by atoms with van der Waals surface area (Å²) in [5.41, 5.74) is 3.94. The van der Waals surface area contributed by atoms with Crippen molar-refractivity contribution >= 4 is 0 Å². The molecule has 0 fully saturated rings. The van der Waals surface area contributed by atoms with Gasteiger partial charge < -0.3 is 5.11 Å². The molecule has 90 valence electrons. The van der Waals surface area contributed by atoms with Gasteiger partial charge in [-0.15, -0.1) is 0 Å². The Labute approximate surface area is 96.7 Å². The molecule has 0 radical (unpaired) electrons. The van der Waals surface area contributed by atoms with Gasteiger partial charge in [0.05, 0.1) is 12.3 Å². The highest BCUT2D eigenvalue weighted by Crippen LogP contribution is 2.22. The minimum absolute atomic E-state index is 0.211. The van der Waals surface area contributed by atoms with Gasteiger partial charge in [-0.05, 0) is 38.3 Å². The van der Waals surface area contributed by atoms with Gasteiger partial charge >= 0.3 is 0 Å². The van der Waals surface area contributed by atoms with Crippen molar-refractivity contribution in [2.75, 3.05) is 20.2 Å². The maximum absolute atomic E-state index is 8.88. The lowest BCUT2D eigenvalue weighted by Gasteiger charge is -2.14. The molecule has 0 spiro atoms. The van der Waals surface area contributed by atoms with Gasteiger partial charge in [-0.25, -0.2) is 0 Å². The Balaban J connectivity index is 2.07. The summed E-state index contributed by atoms with van der Waals surface area (Å²) in [6.45, 7) is 1.76. The highest BCUT2D eigenvalue weighted by molar-refractivity contribution is 5.26. The number of aliphatic hydroxyl groups excluding tert-OH is 1. The van der Waals surface area contributed by atoms with Crippen molar-refractivity contribution in [2.24, 2.45) is 0 Å². The van der Waals surface area contributed by atoms with Gasteiger partial charge in [0.25, 0.3) is 0 Å². The van der Waals surface area contributed by atoms with E-state index in [2.05, 4.69) is 15.1 Å². The maximum atomic E-state index is 8.88. The number of aryl methyl sites for hydroxylation is 1.